The molecule has 3 aromatic rings. The van der Waals surface area contributed by atoms with E-state index in [0.29, 0.717) is 18.2 Å². The number of hydrogen-bond acceptors (Lipinski definition) is 3. The van der Waals surface area contributed by atoms with Gasteiger partial charge in [0.2, 0.25) is 0 Å². The number of rotatable bonds is 7. The van der Waals surface area contributed by atoms with Crippen molar-refractivity contribution < 1.29 is 9.47 Å². The highest BCUT2D eigenvalue weighted by molar-refractivity contribution is 7.80. The number of nitrogens with zero attached hydrogens (tertiary/aromatic N) is 1. The van der Waals surface area contributed by atoms with Crippen molar-refractivity contribution in [3.63, 3.8) is 0 Å². The van der Waals surface area contributed by atoms with Crippen molar-refractivity contribution in [1.29, 1.82) is 0 Å². The van der Waals surface area contributed by atoms with Crippen molar-refractivity contribution >= 4 is 34.6 Å². The Bertz CT molecular complexity index is 942. The molecule has 156 valence electrons. The monoisotopic (exact) mass is 440 g/mol. The lowest BCUT2D eigenvalue weighted by atomic mass is 10.1. The van der Waals surface area contributed by atoms with Gasteiger partial charge in [-0.15, -0.1) is 0 Å². The molecule has 0 unspecified atom stereocenters. The molecule has 3 aromatic carbocycles. The first-order valence-electron chi connectivity index (χ1n) is 9.56. The minimum Gasteiger partial charge on any atom is -0.497 e. The van der Waals surface area contributed by atoms with Gasteiger partial charge in [-0.1, -0.05) is 35.9 Å². The lowest BCUT2D eigenvalue weighted by Crippen LogP contribution is -2.33. The van der Waals surface area contributed by atoms with Crippen LogP contribution in [0.1, 0.15) is 16.7 Å². The Morgan fingerprint density at radius 2 is 1.37 bits per heavy atom. The van der Waals surface area contributed by atoms with E-state index in [2.05, 4.69) is 34.5 Å². The predicted molar refractivity (Wildman–Crippen MR) is 128 cm³/mol. The van der Waals surface area contributed by atoms with Crippen LogP contribution in [0.3, 0.4) is 0 Å². The third kappa shape index (κ3) is 5.88. The van der Waals surface area contributed by atoms with Gasteiger partial charge in [-0.3, -0.25) is 0 Å². The van der Waals surface area contributed by atoms with Gasteiger partial charge in [0.25, 0.3) is 0 Å². The largest absolute Gasteiger partial charge is 0.497 e. The maximum atomic E-state index is 6.15. The Morgan fingerprint density at radius 1 is 0.867 bits per heavy atom. The Morgan fingerprint density at radius 3 is 1.80 bits per heavy atom. The number of halogens is 1. The summed E-state index contributed by atoms with van der Waals surface area (Å²) in [6, 6.07) is 21.8. The van der Waals surface area contributed by atoms with E-state index in [1.165, 1.54) is 0 Å². The van der Waals surface area contributed by atoms with Gasteiger partial charge in [0, 0.05) is 23.8 Å². The van der Waals surface area contributed by atoms with Crippen LogP contribution in [0.25, 0.3) is 0 Å². The van der Waals surface area contributed by atoms with Crippen molar-refractivity contribution in [3.05, 3.63) is 88.4 Å². The molecule has 1 N–H and O–H groups in total. The van der Waals surface area contributed by atoms with Crippen LogP contribution in [-0.2, 0) is 13.1 Å². The number of anilines is 1. The van der Waals surface area contributed by atoms with Crippen LogP contribution in [0.2, 0.25) is 5.02 Å². The molecule has 6 heteroatoms. The SMILES string of the molecule is COc1ccc(CN(Cc2ccc(OC)cc2)C(=S)Nc2ccc(Cl)c(C)c2)cc1. The first-order chi connectivity index (χ1) is 14.5. The fourth-order valence-electron chi connectivity index (χ4n) is 3.03. The van der Waals surface area contributed by atoms with Gasteiger partial charge in [-0.05, 0) is 78.3 Å². The molecule has 0 aliphatic rings. The predicted octanol–water partition coefficient (Wildman–Crippen LogP) is 6.06. The maximum absolute atomic E-state index is 6.15. The van der Waals surface area contributed by atoms with E-state index in [1.54, 1.807) is 14.2 Å². The van der Waals surface area contributed by atoms with E-state index in [1.807, 2.05) is 49.4 Å². The van der Waals surface area contributed by atoms with Crippen LogP contribution in [0.5, 0.6) is 11.5 Å². The second-order valence-electron chi connectivity index (χ2n) is 6.95. The van der Waals surface area contributed by atoms with Crippen molar-refractivity contribution in [2.75, 3.05) is 19.5 Å². The Kier molecular flexibility index (Phi) is 7.55. The summed E-state index contributed by atoms with van der Waals surface area (Å²) in [4.78, 5) is 2.13. The zero-order chi connectivity index (χ0) is 21.5. The molecule has 30 heavy (non-hydrogen) atoms. The van der Waals surface area contributed by atoms with E-state index in [4.69, 9.17) is 33.3 Å². The molecule has 0 fully saturated rings. The smallest absolute Gasteiger partial charge is 0.174 e. The van der Waals surface area contributed by atoms with Crippen LogP contribution in [0.15, 0.2) is 66.7 Å². The molecule has 0 spiro atoms. The first-order valence-corrected chi connectivity index (χ1v) is 10.3. The standard InChI is InChI=1S/C24H25ClN2O2S/c1-17-14-20(8-13-23(17)25)26-24(30)27(15-18-4-9-21(28-2)10-5-18)16-19-6-11-22(29-3)12-7-19/h4-14H,15-16H2,1-3H3,(H,26,30). The zero-order valence-electron chi connectivity index (χ0n) is 17.3. The number of hydrogen-bond donors (Lipinski definition) is 1. The lowest BCUT2D eigenvalue weighted by Gasteiger charge is -2.26. The van der Waals surface area contributed by atoms with E-state index in [0.717, 1.165) is 38.9 Å². The fourth-order valence-corrected chi connectivity index (χ4v) is 3.39. The topological polar surface area (TPSA) is 33.7 Å². The molecule has 0 aliphatic carbocycles. The fraction of sp³-hybridized carbons (Fsp3) is 0.208. The van der Waals surface area contributed by atoms with Crippen molar-refractivity contribution in [3.8, 4) is 11.5 Å². The van der Waals surface area contributed by atoms with E-state index < -0.39 is 0 Å². The molecule has 3 rings (SSSR count). The first kappa shape index (κ1) is 21.9. The second-order valence-corrected chi connectivity index (χ2v) is 7.74. The van der Waals surface area contributed by atoms with Gasteiger partial charge in [0.15, 0.2) is 5.11 Å². The number of benzene rings is 3. The maximum Gasteiger partial charge on any atom is 0.174 e. The van der Waals surface area contributed by atoms with Crippen LogP contribution in [0.4, 0.5) is 5.69 Å². The summed E-state index contributed by atoms with van der Waals surface area (Å²) in [7, 11) is 3.33. The summed E-state index contributed by atoms with van der Waals surface area (Å²) in [5, 5.41) is 4.72. The summed E-state index contributed by atoms with van der Waals surface area (Å²) >= 11 is 11.9. The zero-order valence-corrected chi connectivity index (χ0v) is 18.9. The number of thiocarbonyl (C=S) groups is 1. The normalized spacial score (nSPS) is 10.4. The average molecular weight is 441 g/mol. The van der Waals surface area contributed by atoms with Crippen molar-refractivity contribution in [1.82, 2.24) is 4.90 Å². The molecule has 0 aliphatic heterocycles. The highest BCUT2D eigenvalue weighted by Gasteiger charge is 2.13. The van der Waals surface area contributed by atoms with E-state index in [9.17, 15) is 0 Å². The number of ether oxygens (including phenoxy) is 2. The molecule has 0 atom stereocenters. The quantitative estimate of drug-likeness (QED) is 0.451. The van der Waals surface area contributed by atoms with Crippen molar-refractivity contribution in [2.45, 2.75) is 20.0 Å². The summed E-state index contributed by atoms with van der Waals surface area (Å²) in [5.41, 5.74) is 4.19. The highest BCUT2D eigenvalue weighted by Crippen LogP contribution is 2.21. The molecule has 0 heterocycles. The van der Waals surface area contributed by atoms with Crippen LogP contribution in [0, 0.1) is 6.92 Å². The molecule has 0 saturated carbocycles. The van der Waals surface area contributed by atoms with E-state index >= 15 is 0 Å². The molecule has 0 aromatic heterocycles. The number of methoxy groups -OCH3 is 2. The van der Waals surface area contributed by atoms with Gasteiger partial charge in [-0.25, -0.2) is 0 Å². The molecule has 0 bridgehead atoms. The van der Waals surface area contributed by atoms with Gasteiger partial charge in [0.05, 0.1) is 14.2 Å². The van der Waals surface area contributed by atoms with Gasteiger partial charge < -0.3 is 19.7 Å². The summed E-state index contributed by atoms with van der Waals surface area (Å²) in [5.74, 6) is 1.66. The lowest BCUT2D eigenvalue weighted by molar-refractivity contribution is 0.404. The molecule has 0 saturated heterocycles. The number of aryl methyl sites for hydroxylation is 1. The third-order valence-corrected chi connectivity index (χ3v) is 5.55. The molecule has 4 nitrogen and oxygen atoms in total. The van der Waals surface area contributed by atoms with Gasteiger partial charge in [-0.2, -0.15) is 0 Å². The van der Waals surface area contributed by atoms with Crippen LogP contribution in [-0.4, -0.2) is 24.2 Å². The summed E-state index contributed by atoms with van der Waals surface area (Å²) in [6.45, 7) is 3.30. The summed E-state index contributed by atoms with van der Waals surface area (Å²) < 4.78 is 10.5. The van der Waals surface area contributed by atoms with Crippen LogP contribution < -0.4 is 14.8 Å². The van der Waals surface area contributed by atoms with Gasteiger partial charge >= 0.3 is 0 Å². The minimum absolute atomic E-state index is 0.642. The minimum atomic E-state index is 0.642. The van der Waals surface area contributed by atoms with E-state index in [-0.39, 0.29) is 0 Å². The highest BCUT2D eigenvalue weighted by atomic mass is 35.5. The van der Waals surface area contributed by atoms with Gasteiger partial charge in [0.1, 0.15) is 11.5 Å². The Balaban J connectivity index is 1.80. The molecular weight excluding hydrogens is 416 g/mol. The summed E-state index contributed by atoms with van der Waals surface area (Å²) in [6.07, 6.45) is 0. The Labute approximate surface area is 188 Å². The molecule has 0 radical (unpaired) electrons. The number of nitrogens with one attached hydrogen (secondary N) is 1. The molecular formula is C24H25ClN2O2S. The van der Waals surface area contributed by atoms with Crippen molar-refractivity contribution in [2.24, 2.45) is 0 Å². The average Bonchev–Trinajstić information content (AvgIpc) is 2.77. The van der Waals surface area contributed by atoms with Crippen LogP contribution >= 0.6 is 23.8 Å². The third-order valence-electron chi connectivity index (χ3n) is 4.76. The molecule has 0 amide bonds. The Hall–Kier alpha value is -2.76. The second kappa shape index (κ2) is 10.3.